The molecule has 0 bridgehead atoms. The minimum absolute atomic E-state index is 0.000520. The number of aliphatic hydroxyl groups excluding tert-OH is 1. The van der Waals surface area contributed by atoms with Crippen molar-refractivity contribution in [3.8, 4) is 12.3 Å². The predicted molar refractivity (Wildman–Crippen MR) is 133 cm³/mol. The summed E-state index contributed by atoms with van der Waals surface area (Å²) in [5, 5.41) is 34.5. The first-order valence-corrected chi connectivity index (χ1v) is 13.3. The number of aliphatic hydroxyl groups is 2. The van der Waals surface area contributed by atoms with Crippen LogP contribution in [0.5, 0.6) is 0 Å². The quantitative estimate of drug-likeness (QED) is 0.405. The SMILES string of the molecule is C#C[C@@]1(O)CC[C@@H]2[C@@H]3CCC4=C/C(=N\OCC(=O)N5C[C@@H](O)C[C@@H]5C(=O)O)CC[C@]4(C)[C@H]3CC[C@@]21C. The maximum Gasteiger partial charge on any atom is 0.326 e. The summed E-state index contributed by atoms with van der Waals surface area (Å²) in [5.74, 6) is 2.73. The Hall–Kier alpha value is -2.37. The Morgan fingerprint density at radius 1 is 1.19 bits per heavy atom. The number of carbonyl (C=O) groups excluding carboxylic acids is 1. The summed E-state index contributed by atoms with van der Waals surface area (Å²) in [4.78, 5) is 30.4. The maximum absolute atomic E-state index is 12.5. The summed E-state index contributed by atoms with van der Waals surface area (Å²) < 4.78 is 0. The van der Waals surface area contributed by atoms with E-state index in [0.717, 1.165) is 55.6 Å². The number of carbonyl (C=O) groups is 2. The Bertz CT molecular complexity index is 1050. The van der Waals surface area contributed by atoms with Crippen LogP contribution in [0.15, 0.2) is 16.8 Å². The maximum atomic E-state index is 12.5. The molecule has 1 amide bonds. The van der Waals surface area contributed by atoms with Crippen molar-refractivity contribution in [3.63, 3.8) is 0 Å². The van der Waals surface area contributed by atoms with Crippen molar-refractivity contribution in [1.29, 1.82) is 0 Å². The van der Waals surface area contributed by atoms with Crippen LogP contribution in [0.3, 0.4) is 0 Å². The second-order valence-corrected chi connectivity index (χ2v) is 12.1. The molecule has 1 heterocycles. The summed E-state index contributed by atoms with van der Waals surface area (Å²) in [6.45, 7) is 4.25. The van der Waals surface area contributed by atoms with E-state index in [-0.39, 0.29) is 30.4 Å². The molecule has 5 aliphatic rings. The molecule has 4 aliphatic carbocycles. The number of β-amino-alcohol motifs (C(OH)–C–C–N with tert-alkyl or cyclic N) is 1. The van der Waals surface area contributed by atoms with E-state index in [2.05, 4.69) is 31.0 Å². The van der Waals surface area contributed by atoms with Crippen LogP contribution in [0, 0.1) is 40.9 Å². The number of fused-ring (bicyclic) bond motifs is 5. The first-order chi connectivity index (χ1) is 17.0. The smallest absolute Gasteiger partial charge is 0.326 e. The van der Waals surface area contributed by atoms with E-state index in [4.69, 9.17) is 11.3 Å². The van der Waals surface area contributed by atoms with E-state index in [1.807, 2.05) is 0 Å². The fraction of sp³-hybridized carbons (Fsp3) is 0.750. The molecule has 196 valence electrons. The van der Waals surface area contributed by atoms with Crippen molar-refractivity contribution in [2.24, 2.45) is 33.7 Å². The van der Waals surface area contributed by atoms with Gasteiger partial charge in [0.2, 0.25) is 0 Å². The minimum Gasteiger partial charge on any atom is -0.480 e. The molecule has 5 rings (SSSR count). The Morgan fingerprint density at radius 3 is 2.67 bits per heavy atom. The van der Waals surface area contributed by atoms with Crippen LogP contribution in [0.25, 0.3) is 0 Å². The first-order valence-electron chi connectivity index (χ1n) is 13.3. The van der Waals surface area contributed by atoms with Crippen molar-refractivity contribution < 1.29 is 29.7 Å². The molecule has 4 fully saturated rings. The van der Waals surface area contributed by atoms with Crippen LogP contribution in [0.2, 0.25) is 0 Å². The molecule has 8 atom stereocenters. The number of rotatable bonds is 4. The Balaban J connectivity index is 1.25. The number of carboxylic acid groups (broad SMARTS) is 1. The van der Waals surface area contributed by atoms with Crippen LogP contribution < -0.4 is 0 Å². The van der Waals surface area contributed by atoms with E-state index < -0.39 is 29.6 Å². The molecule has 1 aliphatic heterocycles. The zero-order chi connectivity index (χ0) is 25.9. The van der Waals surface area contributed by atoms with Gasteiger partial charge in [0.1, 0.15) is 11.6 Å². The highest BCUT2D eigenvalue weighted by Crippen LogP contribution is 2.67. The molecule has 0 unspecified atom stereocenters. The van der Waals surface area contributed by atoms with Gasteiger partial charge in [-0.3, -0.25) is 4.79 Å². The lowest BCUT2D eigenvalue weighted by Crippen LogP contribution is -2.54. The zero-order valence-corrected chi connectivity index (χ0v) is 21.3. The van der Waals surface area contributed by atoms with Crippen molar-refractivity contribution in [3.05, 3.63) is 11.6 Å². The number of hydrogen-bond acceptors (Lipinski definition) is 6. The summed E-state index contributed by atoms with van der Waals surface area (Å²) in [6, 6.07) is -1.02. The van der Waals surface area contributed by atoms with Crippen LogP contribution in [0.1, 0.15) is 71.6 Å². The van der Waals surface area contributed by atoms with Gasteiger partial charge in [0.25, 0.3) is 5.91 Å². The third kappa shape index (κ3) is 3.78. The van der Waals surface area contributed by atoms with Gasteiger partial charge < -0.3 is 25.1 Å². The van der Waals surface area contributed by atoms with Gasteiger partial charge in [0.15, 0.2) is 6.61 Å². The van der Waals surface area contributed by atoms with Gasteiger partial charge in [-0.25, -0.2) is 4.79 Å². The second-order valence-electron chi connectivity index (χ2n) is 12.1. The average Bonchev–Trinajstić information content (AvgIpc) is 3.37. The van der Waals surface area contributed by atoms with Gasteiger partial charge in [-0.1, -0.05) is 30.5 Å². The fourth-order valence-electron chi connectivity index (χ4n) is 8.47. The molecule has 8 heteroatoms. The molecule has 0 spiro atoms. The van der Waals surface area contributed by atoms with Crippen molar-refractivity contribution in [2.75, 3.05) is 13.2 Å². The predicted octanol–water partition coefficient (Wildman–Crippen LogP) is 2.73. The molecular formula is C28H38N2O6. The molecular weight excluding hydrogens is 460 g/mol. The topological polar surface area (TPSA) is 120 Å². The van der Waals surface area contributed by atoms with Crippen LogP contribution in [-0.4, -0.2) is 68.7 Å². The van der Waals surface area contributed by atoms with Gasteiger partial charge in [0, 0.05) is 18.4 Å². The molecule has 8 nitrogen and oxygen atoms in total. The molecule has 0 aromatic carbocycles. The monoisotopic (exact) mass is 498 g/mol. The van der Waals surface area contributed by atoms with Crippen molar-refractivity contribution >= 4 is 17.6 Å². The van der Waals surface area contributed by atoms with Crippen LogP contribution in [-0.2, 0) is 14.4 Å². The van der Waals surface area contributed by atoms with Crippen molar-refractivity contribution in [2.45, 2.75) is 89.4 Å². The van der Waals surface area contributed by atoms with Gasteiger partial charge in [-0.2, -0.15) is 0 Å². The highest BCUT2D eigenvalue weighted by Gasteiger charge is 2.63. The number of hydrogen-bond donors (Lipinski definition) is 3. The molecule has 0 aromatic rings. The number of nitrogens with zero attached hydrogens (tertiary/aromatic N) is 2. The Morgan fingerprint density at radius 2 is 1.94 bits per heavy atom. The van der Waals surface area contributed by atoms with Gasteiger partial charge >= 0.3 is 5.97 Å². The third-order valence-corrected chi connectivity index (χ3v) is 10.6. The van der Waals surface area contributed by atoms with Crippen molar-refractivity contribution in [1.82, 2.24) is 4.90 Å². The Kier molecular flexibility index (Phi) is 6.24. The summed E-state index contributed by atoms with van der Waals surface area (Å²) in [5.41, 5.74) is 1.11. The molecule has 0 radical (unpaired) electrons. The molecule has 3 saturated carbocycles. The average molecular weight is 499 g/mol. The van der Waals surface area contributed by atoms with Gasteiger partial charge in [-0.15, -0.1) is 6.42 Å². The molecule has 0 aromatic heterocycles. The van der Waals surface area contributed by atoms with E-state index in [0.29, 0.717) is 24.2 Å². The largest absolute Gasteiger partial charge is 0.480 e. The first kappa shape index (κ1) is 25.3. The number of aliphatic carboxylic acids is 1. The number of likely N-dealkylation sites (tertiary alicyclic amines) is 1. The van der Waals surface area contributed by atoms with Gasteiger partial charge in [0.05, 0.1) is 11.8 Å². The standard InChI is InChI=1S/C28H38N2O6/c1-4-28(35)12-9-22-20-6-5-17-13-18(7-10-26(17,2)21(20)8-11-27(22,28)3)29-36-16-24(32)30-15-19(31)14-23(30)25(33)34/h1,13,19-23,31,35H,5-12,14-16H2,2-3H3,(H,33,34)/b29-18-/t19-,20+,21-,22+,23+,26-,27-,28+/m0/s1. The minimum atomic E-state index is -1.12. The number of oxime groups is 1. The van der Waals surface area contributed by atoms with E-state index in [1.54, 1.807) is 0 Å². The normalized spacial score (nSPS) is 44.8. The summed E-state index contributed by atoms with van der Waals surface area (Å²) in [6.07, 6.45) is 14.7. The lowest BCUT2D eigenvalue weighted by molar-refractivity contribution is -0.150. The lowest BCUT2D eigenvalue weighted by atomic mass is 9.46. The summed E-state index contributed by atoms with van der Waals surface area (Å²) in [7, 11) is 0. The van der Waals surface area contributed by atoms with Crippen LogP contribution in [0.4, 0.5) is 0 Å². The van der Waals surface area contributed by atoms with E-state index >= 15 is 0 Å². The van der Waals surface area contributed by atoms with Gasteiger partial charge in [-0.05, 0) is 80.6 Å². The molecule has 36 heavy (non-hydrogen) atoms. The summed E-state index contributed by atoms with van der Waals surface area (Å²) >= 11 is 0. The molecule has 3 N–H and O–H groups in total. The Labute approximate surface area is 212 Å². The second kappa shape index (κ2) is 8.88. The van der Waals surface area contributed by atoms with E-state index in [9.17, 15) is 24.9 Å². The fourth-order valence-corrected chi connectivity index (χ4v) is 8.47. The zero-order valence-electron chi connectivity index (χ0n) is 21.3. The third-order valence-electron chi connectivity index (χ3n) is 10.6. The highest BCUT2D eigenvalue weighted by atomic mass is 16.6. The number of allylic oxidation sites excluding steroid dienone is 2. The number of amides is 1. The number of terminal acetylenes is 1. The lowest BCUT2D eigenvalue weighted by Gasteiger charge is -2.58. The number of carboxylic acids is 1. The molecule has 1 saturated heterocycles. The van der Waals surface area contributed by atoms with E-state index in [1.165, 1.54) is 5.57 Å². The highest BCUT2D eigenvalue weighted by molar-refractivity contribution is 5.96. The van der Waals surface area contributed by atoms with Crippen LogP contribution >= 0.6 is 0 Å².